The predicted octanol–water partition coefficient (Wildman–Crippen LogP) is 7.47. The fourth-order valence-electron chi connectivity index (χ4n) is 9.26. The molecular formula is C27H48O. The van der Waals surface area contributed by atoms with E-state index in [1.54, 1.807) is 0 Å². The van der Waals surface area contributed by atoms with E-state index in [2.05, 4.69) is 34.6 Å². The molecule has 0 amide bonds. The van der Waals surface area contributed by atoms with Gasteiger partial charge >= 0.3 is 0 Å². The molecule has 0 saturated heterocycles. The molecule has 0 aliphatic heterocycles. The van der Waals surface area contributed by atoms with Crippen LogP contribution in [0.25, 0.3) is 0 Å². The average molecular weight is 389 g/mol. The number of fused-ring (bicyclic) bond motifs is 5. The van der Waals surface area contributed by atoms with Crippen LogP contribution < -0.4 is 0 Å². The van der Waals surface area contributed by atoms with Crippen molar-refractivity contribution < 1.29 is 5.11 Å². The first-order chi connectivity index (χ1) is 13.3. The number of hydrogen-bond donors (Lipinski definition) is 1. The molecule has 0 aromatic rings. The fourth-order valence-corrected chi connectivity index (χ4v) is 9.26. The van der Waals surface area contributed by atoms with Crippen LogP contribution in [0.4, 0.5) is 0 Å². The minimum atomic E-state index is -0.00830. The van der Waals surface area contributed by atoms with E-state index in [-0.39, 0.29) is 6.10 Å². The Bertz CT molecular complexity index is 540. The summed E-state index contributed by atoms with van der Waals surface area (Å²) in [4.78, 5) is 0. The number of aliphatic hydroxyl groups excluding tert-OH is 1. The van der Waals surface area contributed by atoms with Crippen molar-refractivity contribution in [2.45, 2.75) is 118 Å². The zero-order chi connectivity index (χ0) is 20.1. The average Bonchev–Trinajstić information content (AvgIpc) is 2.99. The van der Waals surface area contributed by atoms with E-state index in [4.69, 9.17) is 0 Å². The van der Waals surface area contributed by atoms with Gasteiger partial charge in [0.1, 0.15) is 0 Å². The van der Waals surface area contributed by atoms with Crippen molar-refractivity contribution in [3.8, 4) is 0 Å². The largest absolute Gasteiger partial charge is 0.393 e. The third kappa shape index (κ3) is 3.50. The Morgan fingerprint density at radius 1 is 0.821 bits per heavy atom. The van der Waals surface area contributed by atoms with Gasteiger partial charge in [0.15, 0.2) is 0 Å². The van der Waals surface area contributed by atoms with Gasteiger partial charge in [-0.05, 0) is 110 Å². The maximum atomic E-state index is 10.3. The summed E-state index contributed by atoms with van der Waals surface area (Å²) in [6, 6.07) is 0. The molecule has 0 unspecified atom stereocenters. The minimum Gasteiger partial charge on any atom is -0.393 e. The third-order valence-electron chi connectivity index (χ3n) is 10.8. The maximum Gasteiger partial charge on any atom is 0.0543 e. The zero-order valence-electron chi connectivity index (χ0n) is 19.6. The molecule has 4 rings (SSSR count). The Hall–Kier alpha value is -0.0400. The zero-order valence-corrected chi connectivity index (χ0v) is 19.6. The SMILES string of the molecule is CC(C)CCC[C@@H](C)[C@H]1CC[C@H]2[C@H]3CC[C@@H]4C[C@@H](O)CC[C@]4(C)[C@H]3CC[C@]12C. The van der Waals surface area contributed by atoms with Crippen LogP contribution in [0.1, 0.15) is 112 Å². The van der Waals surface area contributed by atoms with Crippen LogP contribution in [0, 0.1) is 52.3 Å². The highest BCUT2D eigenvalue weighted by atomic mass is 16.3. The molecule has 1 heteroatoms. The van der Waals surface area contributed by atoms with E-state index in [0.717, 1.165) is 54.3 Å². The Labute approximate surface area is 175 Å². The quantitative estimate of drug-likeness (QED) is 0.518. The summed E-state index contributed by atoms with van der Waals surface area (Å²) in [5.74, 6) is 6.49. The molecule has 0 heterocycles. The summed E-state index contributed by atoms with van der Waals surface area (Å²) in [6.07, 6.45) is 16.6. The molecule has 0 bridgehead atoms. The van der Waals surface area contributed by atoms with Gasteiger partial charge in [-0.3, -0.25) is 0 Å². The second-order valence-electron chi connectivity index (χ2n) is 12.6. The Morgan fingerprint density at radius 2 is 1.54 bits per heavy atom. The Kier molecular flexibility index (Phi) is 5.98. The lowest BCUT2D eigenvalue weighted by Gasteiger charge is -2.61. The molecule has 0 radical (unpaired) electrons. The summed E-state index contributed by atoms with van der Waals surface area (Å²) < 4.78 is 0. The second kappa shape index (κ2) is 7.90. The van der Waals surface area contributed by atoms with Gasteiger partial charge in [-0.1, -0.05) is 53.9 Å². The number of hydrogen-bond acceptors (Lipinski definition) is 1. The highest BCUT2D eigenvalue weighted by molar-refractivity contribution is 5.09. The second-order valence-corrected chi connectivity index (χ2v) is 12.6. The number of aliphatic hydroxyl groups is 1. The van der Waals surface area contributed by atoms with Crippen LogP contribution in [0.2, 0.25) is 0 Å². The molecule has 162 valence electrons. The van der Waals surface area contributed by atoms with Crippen molar-refractivity contribution in [2.24, 2.45) is 52.3 Å². The summed E-state index contributed by atoms with van der Waals surface area (Å²) in [5.41, 5.74) is 1.15. The smallest absolute Gasteiger partial charge is 0.0543 e. The summed E-state index contributed by atoms with van der Waals surface area (Å²) in [5, 5.41) is 10.3. The first-order valence-electron chi connectivity index (χ1n) is 12.9. The van der Waals surface area contributed by atoms with E-state index in [1.165, 1.54) is 64.2 Å². The van der Waals surface area contributed by atoms with Crippen molar-refractivity contribution in [2.75, 3.05) is 0 Å². The molecular weight excluding hydrogens is 340 g/mol. The van der Waals surface area contributed by atoms with Crippen molar-refractivity contribution in [1.29, 1.82) is 0 Å². The van der Waals surface area contributed by atoms with Gasteiger partial charge in [-0.15, -0.1) is 0 Å². The third-order valence-corrected chi connectivity index (χ3v) is 10.8. The van der Waals surface area contributed by atoms with Crippen molar-refractivity contribution in [1.82, 2.24) is 0 Å². The highest BCUT2D eigenvalue weighted by Gasteiger charge is 2.60. The van der Waals surface area contributed by atoms with Gasteiger partial charge in [0.2, 0.25) is 0 Å². The van der Waals surface area contributed by atoms with E-state index < -0.39 is 0 Å². The molecule has 0 aromatic heterocycles. The van der Waals surface area contributed by atoms with Gasteiger partial charge < -0.3 is 5.11 Å². The van der Waals surface area contributed by atoms with Crippen molar-refractivity contribution in [3.05, 3.63) is 0 Å². The summed E-state index contributed by atoms with van der Waals surface area (Å²) >= 11 is 0. The molecule has 4 aliphatic carbocycles. The van der Waals surface area contributed by atoms with Gasteiger partial charge in [0, 0.05) is 0 Å². The molecule has 1 nitrogen and oxygen atoms in total. The highest BCUT2D eigenvalue weighted by Crippen LogP contribution is 2.68. The summed E-state index contributed by atoms with van der Waals surface area (Å²) in [6.45, 7) is 12.7. The molecule has 9 atom stereocenters. The minimum absolute atomic E-state index is 0.00830. The standard InChI is InChI=1S/C27H48O/c1-18(2)7-6-8-19(3)23-11-12-24-22-10-9-20-17-21(28)13-15-26(20,4)25(22)14-16-27(23,24)5/h18-25,28H,6-17H2,1-5H3/t19-,20-,21+,22-,23-,24+,25+,26+,27-/m1/s1. The molecule has 0 spiro atoms. The lowest BCUT2D eigenvalue weighted by atomic mass is 9.44. The van der Waals surface area contributed by atoms with E-state index in [9.17, 15) is 5.11 Å². The van der Waals surface area contributed by atoms with Crippen LogP contribution in [-0.4, -0.2) is 11.2 Å². The monoisotopic (exact) mass is 388 g/mol. The molecule has 4 fully saturated rings. The molecule has 1 N–H and O–H groups in total. The van der Waals surface area contributed by atoms with Crippen LogP contribution >= 0.6 is 0 Å². The summed E-state index contributed by atoms with van der Waals surface area (Å²) in [7, 11) is 0. The van der Waals surface area contributed by atoms with Crippen LogP contribution in [0.5, 0.6) is 0 Å². The lowest BCUT2D eigenvalue weighted by Crippen LogP contribution is -2.54. The van der Waals surface area contributed by atoms with Crippen molar-refractivity contribution in [3.63, 3.8) is 0 Å². The van der Waals surface area contributed by atoms with Gasteiger partial charge in [-0.2, -0.15) is 0 Å². The number of rotatable bonds is 5. The maximum absolute atomic E-state index is 10.3. The Morgan fingerprint density at radius 3 is 2.29 bits per heavy atom. The van der Waals surface area contributed by atoms with Crippen LogP contribution in [0.3, 0.4) is 0 Å². The van der Waals surface area contributed by atoms with Gasteiger partial charge in [0.25, 0.3) is 0 Å². The fraction of sp³-hybridized carbons (Fsp3) is 1.00. The van der Waals surface area contributed by atoms with E-state index in [1.807, 2.05) is 0 Å². The molecule has 4 aliphatic rings. The van der Waals surface area contributed by atoms with Crippen LogP contribution in [0.15, 0.2) is 0 Å². The van der Waals surface area contributed by atoms with E-state index >= 15 is 0 Å². The van der Waals surface area contributed by atoms with E-state index in [0.29, 0.717) is 10.8 Å². The molecule has 28 heavy (non-hydrogen) atoms. The normalized spacial score (nSPS) is 49.4. The topological polar surface area (TPSA) is 20.2 Å². The van der Waals surface area contributed by atoms with Crippen molar-refractivity contribution >= 4 is 0 Å². The molecule has 4 saturated carbocycles. The lowest BCUT2D eigenvalue weighted by molar-refractivity contribution is -0.129. The Balaban J connectivity index is 1.46. The van der Waals surface area contributed by atoms with Crippen LogP contribution in [-0.2, 0) is 0 Å². The molecule has 0 aromatic carbocycles. The first kappa shape index (κ1) is 21.2. The van der Waals surface area contributed by atoms with Gasteiger partial charge in [0.05, 0.1) is 6.10 Å². The van der Waals surface area contributed by atoms with Gasteiger partial charge in [-0.25, -0.2) is 0 Å². The predicted molar refractivity (Wildman–Crippen MR) is 119 cm³/mol. The first-order valence-corrected chi connectivity index (χ1v) is 12.9.